The molecule has 0 radical (unpaired) electrons. The molecule has 5 rings (SSSR count). The van der Waals surface area contributed by atoms with Crippen molar-refractivity contribution in [3.63, 3.8) is 0 Å². The minimum Gasteiger partial charge on any atom is -0.316 e. The van der Waals surface area contributed by atoms with Crippen LogP contribution in [0.2, 0.25) is 0 Å². The summed E-state index contributed by atoms with van der Waals surface area (Å²) in [6, 6.07) is 13.5. The molecule has 0 bridgehead atoms. The van der Waals surface area contributed by atoms with E-state index in [2.05, 4.69) is 9.71 Å². The number of thiophene rings is 1. The fraction of sp³-hybridized carbons (Fsp3) is 0.182. The molecule has 0 saturated carbocycles. The second kappa shape index (κ2) is 7.51. The highest BCUT2D eigenvalue weighted by molar-refractivity contribution is 7.94. The van der Waals surface area contributed by atoms with Gasteiger partial charge in [0.25, 0.3) is 10.0 Å². The molecule has 0 saturated heterocycles. The summed E-state index contributed by atoms with van der Waals surface area (Å²) in [4.78, 5) is 28.1. The number of nitrogens with one attached hydrogen (secondary N) is 2. The topological polar surface area (TPSA) is 101 Å². The van der Waals surface area contributed by atoms with Crippen molar-refractivity contribution < 1.29 is 8.42 Å². The molecular weight excluding hydrogens is 434 g/mol. The summed E-state index contributed by atoms with van der Waals surface area (Å²) in [6.45, 7) is 0. The molecule has 1 aliphatic carbocycles. The van der Waals surface area contributed by atoms with Crippen LogP contribution in [-0.4, -0.2) is 18.0 Å². The smallest absolute Gasteiger partial charge is 0.316 e. The number of aryl methyl sites for hydroxylation is 2. The largest absolute Gasteiger partial charge is 0.321 e. The summed E-state index contributed by atoms with van der Waals surface area (Å²) in [6.07, 6.45) is 3.94. The second-order valence-corrected chi connectivity index (χ2v) is 10.3. The zero-order valence-electron chi connectivity index (χ0n) is 16.4. The van der Waals surface area contributed by atoms with Gasteiger partial charge in [-0.1, -0.05) is 18.2 Å². The first-order chi connectivity index (χ1) is 14.9. The quantitative estimate of drug-likeness (QED) is 0.462. The van der Waals surface area contributed by atoms with Crippen molar-refractivity contribution in [2.45, 2.75) is 29.9 Å². The molecule has 2 heterocycles. The third-order valence-electron chi connectivity index (χ3n) is 5.50. The highest BCUT2D eigenvalue weighted by Gasteiger charge is 2.19. The zero-order valence-corrected chi connectivity index (χ0v) is 18.1. The predicted molar refractivity (Wildman–Crippen MR) is 122 cm³/mol. The lowest BCUT2D eigenvalue weighted by Crippen LogP contribution is -2.36. The summed E-state index contributed by atoms with van der Waals surface area (Å²) < 4.78 is 29.3. The van der Waals surface area contributed by atoms with Crippen LogP contribution in [0.5, 0.6) is 0 Å². The fourth-order valence-electron chi connectivity index (χ4n) is 4.11. The highest BCUT2D eigenvalue weighted by atomic mass is 32.2. The summed E-state index contributed by atoms with van der Waals surface area (Å²) >= 11 is 1.12. The molecule has 0 amide bonds. The van der Waals surface area contributed by atoms with Gasteiger partial charge in [-0.2, -0.15) is 0 Å². The number of H-pyrrole nitrogens is 1. The summed E-state index contributed by atoms with van der Waals surface area (Å²) in [7, 11) is -3.73. The summed E-state index contributed by atoms with van der Waals surface area (Å²) in [5.41, 5.74) is 2.86. The van der Waals surface area contributed by atoms with Crippen LogP contribution in [0.15, 0.2) is 67.7 Å². The molecule has 1 aliphatic rings. The van der Waals surface area contributed by atoms with Crippen molar-refractivity contribution in [1.29, 1.82) is 0 Å². The van der Waals surface area contributed by atoms with Crippen LogP contribution in [0.25, 0.3) is 16.7 Å². The van der Waals surface area contributed by atoms with Crippen molar-refractivity contribution in [1.82, 2.24) is 9.55 Å². The Bertz CT molecular complexity index is 1520. The number of hydrogen-bond donors (Lipinski definition) is 2. The number of benzene rings is 2. The van der Waals surface area contributed by atoms with E-state index in [1.54, 1.807) is 35.7 Å². The van der Waals surface area contributed by atoms with Crippen LogP contribution >= 0.6 is 11.3 Å². The molecule has 0 fully saturated rings. The van der Waals surface area contributed by atoms with E-state index in [-0.39, 0.29) is 4.21 Å². The maximum absolute atomic E-state index is 12.8. The Kier molecular flexibility index (Phi) is 4.79. The SMILES string of the molecule is O=c1[nH]c2c3c(ccc2n(-c2cccc(NS(=O)(=O)c4cccs4)c2)c1=O)CCCC3. The second-order valence-electron chi connectivity index (χ2n) is 7.49. The number of anilines is 1. The number of fused-ring (bicyclic) bond motifs is 3. The number of aromatic amines is 1. The molecule has 158 valence electrons. The van der Waals surface area contributed by atoms with Crippen LogP contribution in [0.3, 0.4) is 0 Å². The number of sulfonamides is 1. The molecule has 0 spiro atoms. The van der Waals surface area contributed by atoms with Crippen molar-refractivity contribution in [2.24, 2.45) is 0 Å². The first-order valence-electron chi connectivity index (χ1n) is 9.90. The van der Waals surface area contributed by atoms with Gasteiger partial charge in [-0.3, -0.25) is 18.9 Å². The van der Waals surface area contributed by atoms with Crippen LogP contribution in [-0.2, 0) is 22.9 Å². The standard InChI is InChI=1S/C22H19N3O4S2/c26-21-22(27)25(18-11-10-14-5-1-2-8-17(14)20(18)23-21)16-7-3-6-15(13-16)24-31(28,29)19-9-4-12-30-19/h3-4,6-7,9-13,24H,1-2,5,8H2,(H,23,26). The van der Waals surface area contributed by atoms with Crippen molar-refractivity contribution >= 4 is 38.1 Å². The first-order valence-corrected chi connectivity index (χ1v) is 12.3. The number of nitrogens with zero attached hydrogens (tertiary/aromatic N) is 1. The Morgan fingerprint density at radius 1 is 1.00 bits per heavy atom. The molecular formula is C22H19N3O4S2. The minimum atomic E-state index is -3.73. The molecule has 31 heavy (non-hydrogen) atoms. The third kappa shape index (κ3) is 3.49. The van der Waals surface area contributed by atoms with Gasteiger partial charge in [0.2, 0.25) is 0 Å². The van der Waals surface area contributed by atoms with Gasteiger partial charge in [0.05, 0.1) is 22.4 Å². The van der Waals surface area contributed by atoms with E-state index in [1.165, 1.54) is 16.2 Å². The van der Waals surface area contributed by atoms with Crippen LogP contribution in [0.4, 0.5) is 5.69 Å². The fourth-order valence-corrected chi connectivity index (χ4v) is 6.15. The molecule has 0 aliphatic heterocycles. The Morgan fingerprint density at radius 3 is 2.65 bits per heavy atom. The normalized spacial score (nSPS) is 13.8. The van der Waals surface area contributed by atoms with E-state index in [0.29, 0.717) is 22.4 Å². The van der Waals surface area contributed by atoms with Gasteiger partial charge in [0.15, 0.2) is 0 Å². The van der Waals surface area contributed by atoms with E-state index < -0.39 is 21.1 Å². The highest BCUT2D eigenvalue weighted by Crippen LogP contribution is 2.28. The molecule has 4 aromatic rings. The van der Waals surface area contributed by atoms with E-state index in [1.807, 2.05) is 12.1 Å². The monoisotopic (exact) mass is 453 g/mol. The molecule has 0 atom stereocenters. The van der Waals surface area contributed by atoms with Gasteiger partial charge in [0.1, 0.15) is 4.21 Å². The summed E-state index contributed by atoms with van der Waals surface area (Å²) in [5, 5.41) is 1.69. The van der Waals surface area contributed by atoms with E-state index >= 15 is 0 Å². The van der Waals surface area contributed by atoms with Gasteiger partial charge >= 0.3 is 11.1 Å². The maximum Gasteiger partial charge on any atom is 0.321 e. The average molecular weight is 454 g/mol. The molecule has 2 aromatic heterocycles. The number of aromatic nitrogens is 2. The molecule has 0 unspecified atom stereocenters. The van der Waals surface area contributed by atoms with Crippen LogP contribution < -0.4 is 15.8 Å². The molecule has 7 nitrogen and oxygen atoms in total. The Balaban J connectivity index is 1.67. The van der Waals surface area contributed by atoms with Gasteiger partial charge in [0, 0.05) is 0 Å². The van der Waals surface area contributed by atoms with Crippen LogP contribution in [0, 0.1) is 0 Å². The minimum absolute atomic E-state index is 0.198. The zero-order chi connectivity index (χ0) is 21.6. The van der Waals surface area contributed by atoms with Gasteiger partial charge in [-0.05, 0) is 72.5 Å². The number of hydrogen-bond acceptors (Lipinski definition) is 5. The maximum atomic E-state index is 12.8. The Morgan fingerprint density at radius 2 is 1.84 bits per heavy atom. The lowest BCUT2D eigenvalue weighted by molar-refractivity contribution is 0.603. The van der Waals surface area contributed by atoms with Gasteiger partial charge in [-0.25, -0.2) is 8.42 Å². The van der Waals surface area contributed by atoms with Crippen molar-refractivity contribution in [2.75, 3.05) is 4.72 Å². The number of rotatable bonds is 4. The molecule has 9 heteroatoms. The summed E-state index contributed by atoms with van der Waals surface area (Å²) in [5.74, 6) is 0. The molecule has 2 N–H and O–H groups in total. The van der Waals surface area contributed by atoms with Gasteiger partial charge in [-0.15, -0.1) is 11.3 Å². The van der Waals surface area contributed by atoms with Crippen LogP contribution in [0.1, 0.15) is 24.0 Å². The third-order valence-corrected chi connectivity index (χ3v) is 8.28. The molecule has 2 aromatic carbocycles. The van der Waals surface area contributed by atoms with E-state index in [0.717, 1.165) is 42.6 Å². The van der Waals surface area contributed by atoms with E-state index in [4.69, 9.17) is 0 Å². The van der Waals surface area contributed by atoms with E-state index in [9.17, 15) is 18.0 Å². The first kappa shape index (κ1) is 19.8. The Labute approximate surface area is 182 Å². The van der Waals surface area contributed by atoms with Gasteiger partial charge < -0.3 is 4.98 Å². The average Bonchev–Trinajstić information content (AvgIpc) is 3.31. The lowest BCUT2D eigenvalue weighted by atomic mass is 9.90. The lowest BCUT2D eigenvalue weighted by Gasteiger charge is -2.19. The Hall–Kier alpha value is -3.17. The van der Waals surface area contributed by atoms with Crippen molar-refractivity contribution in [3.05, 3.63) is 85.7 Å². The van der Waals surface area contributed by atoms with Crippen molar-refractivity contribution in [3.8, 4) is 5.69 Å². The predicted octanol–water partition coefficient (Wildman–Crippen LogP) is 3.42.